The number of benzene rings is 4. The van der Waals surface area contributed by atoms with Gasteiger partial charge in [0, 0.05) is 49.5 Å². The molecule has 0 fully saturated rings. The van der Waals surface area contributed by atoms with Crippen LogP contribution in [0.4, 0.5) is 11.4 Å². The number of amides is 4. The van der Waals surface area contributed by atoms with Gasteiger partial charge in [-0.15, -0.1) is 0 Å². The monoisotopic (exact) mass is 808 g/mol. The van der Waals surface area contributed by atoms with Crippen molar-refractivity contribution in [1.29, 1.82) is 0 Å². The van der Waals surface area contributed by atoms with Crippen molar-refractivity contribution in [2.45, 2.75) is 37.8 Å². The fourth-order valence-corrected chi connectivity index (χ4v) is 6.17. The van der Waals surface area contributed by atoms with E-state index < -0.39 is 12.1 Å². The average molecular weight is 809 g/mol. The fourth-order valence-electron chi connectivity index (χ4n) is 6.17. The number of hydrogen-bond donors (Lipinski definition) is 2. The van der Waals surface area contributed by atoms with Crippen molar-refractivity contribution in [2.24, 2.45) is 0 Å². The molecule has 4 amide bonds. The third-order valence-corrected chi connectivity index (χ3v) is 9.48. The first-order chi connectivity index (χ1) is 27.2. The Bertz CT molecular complexity index is 1930. The molecule has 0 saturated carbocycles. The molecule has 1 unspecified atom stereocenters. The molecule has 2 atom stereocenters. The van der Waals surface area contributed by atoms with E-state index >= 15 is 0 Å². The van der Waals surface area contributed by atoms with Crippen molar-refractivity contribution < 1.29 is 45.7 Å². The van der Waals surface area contributed by atoms with Gasteiger partial charge in [0.1, 0.15) is 23.6 Å². The van der Waals surface area contributed by atoms with Gasteiger partial charge in [-0.3, -0.25) is 19.2 Å². The summed E-state index contributed by atoms with van der Waals surface area (Å²) in [5, 5.41) is 5.83. The molecule has 0 heterocycles. The predicted octanol–water partition coefficient (Wildman–Crippen LogP) is 6.54. The number of hydrogen-bond acceptors (Lipinski definition) is 6. The van der Waals surface area contributed by atoms with Crippen LogP contribution in [-0.2, 0) is 49.1 Å². The molecular formula is C46H48FeN4O6+2. The van der Waals surface area contributed by atoms with Gasteiger partial charge in [0.05, 0.1) is 14.2 Å². The number of carbonyl (C=O) groups is 4. The number of carbonyl (C=O) groups excluding carboxylic acids is 4. The van der Waals surface area contributed by atoms with Gasteiger partial charge in [-0.05, 0) is 72.5 Å². The SMILES string of the molecule is COc1ccc(N(C)C(=O)C(Cc2ccccc2)NC(=O)C2=CC=CC2)cc1.COc1ccc(N(C)C(=O)[C@H](Cc2ccccc2)NC(=O)C2=CC=CC2)cc1.[Fe+2]. The Labute approximate surface area is 345 Å². The van der Waals surface area contributed by atoms with Crippen LogP contribution in [0.1, 0.15) is 24.0 Å². The zero-order valence-corrected chi connectivity index (χ0v) is 33.6. The van der Waals surface area contributed by atoms with Crippen LogP contribution in [0.5, 0.6) is 11.5 Å². The molecule has 0 aromatic heterocycles. The Morgan fingerprint density at radius 3 is 1.21 bits per heavy atom. The first-order valence-electron chi connectivity index (χ1n) is 18.4. The summed E-state index contributed by atoms with van der Waals surface area (Å²) in [5.74, 6) is 0.687. The molecule has 6 rings (SSSR count). The van der Waals surface area contributed by atoms with Crippen molar-refractivity contribution in [3.05, 3.63) is 168 Å². The zero-order valence-electron chi connectivity index (χ0n) is 32.5. The molecule has 0 saturated heterocycles. The number of nitrogens with zero attached hydrogens (tertiary/aromatic N) is 2. The van der Waals surface area contributed by atoms with E-state index in [4.69, 9.17) is 9.47 Å². The molecule has 0 aliphatic heterocycles. The average Bonchev–Trinajstić information content (AvgIpc) is 4.00. The van der Waals surface area contributed by atoms with Crippen molar-refractivity contribution >= 4 is 35.0 Å². The number of anilines is 2. The Hall–Kier alpha value is -6.16. The topological polar surface area (TPSA) is 117 Å². The van der Waals surface area contributed by atoms with E-state index in [2.05, 4.69) is 10.6 Å². The summed E-state index contributed by atoms with van der Waals surface area (Å²) in [6.45, 7) is 0. The maximum absolute atomic E-state index is 13.2. The number of methoxy groups -OCH3 is 2. The molecule has 2 N–H and O–H groups in total. The fraction of sp³-hybridized carbons (Fsp3) is 0.217. The van der Waals surface area contributed by atoms with E-state index in [1.807, 2.05) is 109 Å². The second-order valence-electron chi connectivity index (χ2n) is 13.3. The van der Waals surface area contributed by atoms with Crippen LogP contribution < -0.4 is 29.9 Å². The van der Waals surface area contributed by atoms with Crippen LogP contribution >= 0.6 is 0 Å². The van der Waals surface area contributed by atoms with Crippen LogP contribution in [0.15, 0.2) is 157 Å². The van der Waals surface area contributed by atoms with E-state index in [1.54, 1.807) is 74.5 Å². The van der Waals surface area contributed by atoms with Gasteiger partial charge < -0.3 is 29.9 Å². The van der Waals surface area contributed by atoms with E-state index in [0.717, 1.165) is 34.0 Å². The van der Waals surface area contributed by atoms with Gasteiger partial charge in [0.25, 0.3) is 0 Å². The van der Waals surface area contributed by atoms with Crippen molar-refractivity contribution in [3.63, 3.8) is 0 Å². The van der Waals surface area contributed by atoms with Crippen LogP contribution in [0.3, 0.4) is 0 Å². The third-order valence-electron chi connectivity index (χ3n) is 9.48. The number of rotatable bonds is 14. The molecule has 0 spiro atoms. The van der Waals surface area contributed by atoms with Gasteiger partial charge in [-0.1, -0.05) is 97.1 Å². The largest absolute Gasteiger partial charge is 2.00 e. The summed E-state index contributed by atoms with van der Waals surface area (Å²) < 4.78 is 10.3. The molecular weight excluding hydrogens is 760 g/mol. The summed E-state index contributed by atoms with van der Waals surface area (Å²) >= 11 is 0. The Morgan fingerprint density at radius 1 is 0.561 bits per heavy atom. The minimum absolute atomic E-state index is 0. The van der Waals surface area contributed by atoms with Crippen molar-refractivity contribution in [3.8, 4) is 11.5 Å². The number of allylic oxidation sites excluding steroid dienone is 6. The second kappa shape index (κ2) is 21.8. The van der Waals surface area contributed by atoms with Crippen LogP contribution in [-0.4, -0.2) is 64.0 Å². The van der Waals surface area contributed by atoms with Gasteiger partial charge in [0.15, 0.2) is 0 Å². The predicted molar refractivity (Wildman–Crippen MR) is 221 cm³/mol. The molecule has 4 aromatic rings. The minimum atomic E-state index is -0.663. The Morgan fingerprint density at radius 2 is 0.912 bits per heavy atom. The normalized spacial score (nSPS) is 13.3. The van der Waals surface area contributed by atoms with Crippen LogP contribution in [0.2, 0.25) is 0 Å². The van der Waals surface area contributed by atoms with Crippen molar-refractivity contribution in [1.82, 2.24) is 10.6 Å². The van der Waals surface area contributed by atoms with Crippen LogP contribution in [0.25, 0.3) is 0 Å². The smallest absolute Gasteiger partial charge is 0.497 e. The summed E-state index contributed by atoms with van der Waals surface area (Å²) in [6, 6.07) is 32.6. The number of nitrogens with one attached hydrogen (secondary N) is 2. The van der Waals surface area contributed by atoms with E-state index in [-0.39, 0.29) is 40.7 Å². The van der Waals surface area contributed by atoms with Crippen molar-refractivity contribution in [2.75, 3.05) is 38.1 Å². The van der Waals surface area contributed by atoms with Gasteiger partial charge in [-0.25, -0.2) is 0 Å². The number of likely N-dealkylation sites (N-methyl/N-ethyl adjacent to an activating group) is 2. The maximum Gasteiger partial charge on any atom is 2.00 e. The summed E-state index contributed by atoms with van der Waals surface area (Å²) in [6.07, 6.45) is 13.1. The molecule has 11 heteroatoms. The standard InChI is InChI=1S/2C23H24N2O3.Fe/c2*1-25(19-12-14-20(28-2)15-13-19)23(27)21(16-17-8-4-3-5-9-17)24-22(26)18-10-6-7-11-18;/h2*3-10,12-15,21H,11,16H2,1-2H3,(H,24,26);/q;;+2/t21-;;/m0../s1. The molecule has 0 radical (unpaired) electrons. The summed E-state index contributed by atoms with van der Waals surface area (Å²) in [5.41, 5.74) is 4.78. The van der Waals surface area contributed by atoms with E-state index in [9.17, 15) is 19.2 Å². The molecule has 4 aromatic carbocycles. The first-order valence-corrected chi connectivity index (χ1v) is 18.4. The summed E-state index contributed by atoms with van der Waals surface area (Å²) in [7, 11) is 6.62. The summed E-state index contributed by atoms with van der Waals surface area (Å²) in [4.78, 5) is 54.7. The zero-order chi connectivity index (χ0) is 39.9. The minimum Gasteiger partial charge on any atom is -0.497 e. The quantitative estimate of drug-likeness (QED) is 0.140. The maximum atomic E-state index is 13.2. The van der Waals surface area contributed by atoms with Crippen LogP contribution in [0, 0.1) is 0 Å². The third kappa shape index (κ3) is 12.4. The molecule has 10 nitrogen and oxygen atoms in total. The second-order valence-corrected chi connectivity index (χ2v) is 13.3. The Kier molecular flexibility index (Phi) is 16.7. The van der Waals surface area contributed by atoms with Gasteiger partial charge in [-0.2, -0.15) is 0 Å². The van der Waals surface area contributed by atoms with E-state index in [1.165, 1.54) is 0 Å². The van der Waals surface area contributed by atoms with Gasteiger partial charge >= 0.3 is 17.1 Å². The molecule has 2 aliphatic carbocycles. The molecule has 2 aliphatic rings. The molecule has 0 bridgehead atoms. The number of ether oxygens (including phenoxy) is 2. The van der Waals surface area contributed by atoms with Gasteiger partial charge in [0.2, 0.25) is 23.6 Å². The van der Waals surface area contributed by atoms with E-state index in [0.29, 0.717) is 36.8 Å². The Balaban J connectivity index is 0.000000248. The first kappa shape index (κ1) is 43.6. The molecule has 294 valence electrons. The molecule has 57 heavy (non-hydrogen) atoms.